The maximum Gasteiger partial charge on any atom is 0.407 e. The monoisotopic (exact) mass is 718 g/mol. The van der Waals surface area contributed by atoms with Crippen molar-refractivity contribution >= 4 is 55.6 Å². The number of hydrogen-bond donors (Lipinski definition) is 1. The molecule has 2 aromatic carbocycles. The number of thiophene rings is 1. The Balaban J connectivity index is 1.28. The van der Waals surface area contributed by atoms with Gasteiger partial charge in [0, 0.05) is 56.5 Å². The molecule has 1 amide bonds. The zero-order valence-electron chi connectivity index (χ0n) is 28.5. The molecule has 4 fully saturated rings. The average molecular weight is 719 g/mol. The number of hydrogen-bond acceptors (Lipinski definition) is 9. The molecule has 4 saturated heterocycles. The van der Waals surface area contributed by atoms with Gasteiger partial charge in [0.2, 0.25) is 0 Å². The topological polar surface area (TPSA) is 121 Å². The van der Waals surface area contributed by atoms with Crippen molar-refractivity contribution in [1.29, 1.82) is 5.26 Å². The Labute approximate surface area is 296 Å². The van der Waals surface area contributed by atoms with Gasteiger partial charge in [-0.25, -0.2) is 23.0 Å². The third-order valence-corrected chi connectivity index (χ3v) is 12.0. The van der Waals surface area contributed by atoms with Gasteiger partial charge < -0.3 is 19.6 Å². The van der Waals surface area contributed by atoms with Crippen LogP contribution >= 0.6 is 11.3 Å². The summed E-state index contributed by atoms with van der Waals surface area (Å²) in [5.41, 5.74) is 0.652. The third kappa shape index (κ3) is 5.50. The van der Waals surface area contributed by atoms with E-state index in [4.69, 9.17) is 9.72 Å². The van der Waals surface area contributed by atoms with Crippen molar-refractivity contribution in [2.75, 3.05) is 51.8 Å². The van der Waals surface area contributed by atoms with Crippen molar-refractivity contribution in [2.45, 2.75) is 62.8 Å². The zero-order chi connectivity index (χ0) is 35.8. The second-order valence-electron chi connectivity index (χ2n) is 14.4. The van der Waals surface area contributed by atoms with E-state index in [1.165, 1.54) is 23.4 Å². The van der Waals surface area contributed by atoms with Gasteiger partial charge in [-0.2, -0.15) is 15.2 Å². The fourth-order valence-corrected chi connectivity index (χ4v) is 9.74. The second kappa shape index (κ2) is 12.5. The maximum absolute atomic E-state index is 17.3. The van der Waals surface area contributed by atoms with Crippen LogP contribution in [0.15, 0.2) is 23.2 Å². The Morgan fingerprint density at radius 1 is 1.24 bits per heavy atom. The summed E-state index contributed by atoms with van der Waals surface area (Å²) >= 11 is 1.03. The molecule has 11 nitrogen and oxygen atoms in total. The fourth-order valence-electron chi connectivity index (χ4n) is 8.72. The number of amides is 1. The predicted octanol–water partition coefficient (Wildman–Crippen LogP) is 6.48. The van der Waals surface area contributed by atoms with Crippen LogP contribution in [0, 0.1) is 29.9 Å². The van der Waals surface area contributed by atoms with E-state index >= 15 is 8.78 Å². The molecule has 0 radical (unpaired) electrons. The summed E-state index contributed by atoms with van der Waals surface area (Å²) in [6.45, 7) is 3.76. The molecule has 8 rings (SSSR count). The number of fused-ring (bicyclic) bond motifs is 5. The van der Waals surface area contributed by atoms with E-state index in [1.54, 1.807) is 32.0 Å². The zero-order valence-corrected chi connectivity index (χ0v) is 29.3. The summed E-state index contributed by atoms with van der Waals surface area (Å²) < 4.78 is 53.6. The normalized spacial score (nSPS) is 24.6. The van der Waals surface area contributed by atoms with Crippen molar-refractivity contribution in [3.05, 3.63) is 41.0 Å². The van der Waals surface area contributed by atoms with Crippen molar-refractivity contribution < 1.29 is 27.8 Å². The lowest BCUT2D eigenvalue weighted by Crippen LogP contribution is -2.55. The molecular formula is C36H37F3N8O3S. The number of benzene rings is 2. The summed E-state index contributed by atoms with van der Waals surface area (Å²) in [6.07, 6.45) is 3.07. The predicted molar refractivity (Wildman–Crippen MR) is 189 cm³/mol. The molecule has 4 atom stereocenters. The SMILES string of the molecule is Cc1cc2c(N3C[C@H]4CC[C@@H](C3)N4C(=O)O)nc(OC[C@@]34CCCN3C[C@H](F)C4)nc2c(F)c1-c1ccc(F)c2sc(/N=C/N(C)C)c(C#N)c12. The standard InChI is InChI=1S/C36H37F3N8O3S/c1-19-11-24-30(29(39)27(19)23-7-8-26(38)31-28(23)25(13-40)33(51-31)41-18-44(2)3)42-34(50-17-36-9-4-10-46(36)14-20(37)12-36)43-32(24)45-15-21-5-6-22(16-45)47(21)35(48)49/h7-8,11,18,20-22H,4-6,9-10,12,14-17H2,1-3H3,(H,48,49)/b41-18+/t20-,21-,22+,36+/m1/s1. The van der Waals surface area contributed by atoms with E-state index in [0.717, 1.165) is 30.7 Å². The molecule has 266 valence electrons. The summed E-state index contributed by atoms with van der Waals surface area (Å²) in [5.74, 6) is -0.796. The first-order chi connectivity index (χ1) is 24.5. The number of aryl methyl sites for hydroxylation is 1. The highest BCUT2D eigenvalue weighted by Gasteiger charge is 2.49. The molecule has 0 spiro atoms. The van der Waals surface area contributed by atoms with Crippen LogP contribution in [0.2, 0.25) is 0 Å². The number of ether oxygens (including phenoxy) is 1. The Morgan fingerprint density at radius 2 is 2.00 bits per heavy atom. The molecule has 51 heavy (non-hydrogen) atoms. The number of aromatic nitrogens is 2. The molecule has 6 heterocycles. The molecule has 15 heteroatoms. The van der Waals surface area contributed by atoms with Crippen LogP contribution in [0.1, 0.15) is 43.2 Å². The number of alkyl halides is 1. The Hall–Kier alpha value is -4.68. The van der Waals surface area contributed by atoms with Crippen molar-refractivity contribution in [3.63, 3.8) is 0 Å². The maximum atomic E-state index is 17.3. The second-order valence-corrected chi connectivity index (χ2v) is 15.4. The quantitative estimate of drug-likeness (QED) is 0.169. The number of nitriles is 1. The van der Waals surface area contributed by atoms with Crippen LogP contribution in [-0.4, -0.2) is 113 Å². The van der Waals surface area contributed by atoms with E-state index in [2.05, 4.69) is 20.9 Å². The van der Waals surface area contributed by atoms with Crippen LogP contribution in [0.4, 0.5) is 28.8 Å². The number of carbonyl (C=O) groups is 1. The van der Waals surface area contributed by atoms with Crippen molar-refractivity contribution in [3.8, 4) is 23.2 Å². The molecule has 0 saturated carbocycles. The minimum Gasteiger partial charge on any atom is -0.465 e. The van der Waals surface area contributed by atoms with Gasteiger partial charge in [0.1, 0.15) is 41.0 Å². The summed E-state index contributed by atoms with van der Waals surface area (Å²) in [6, 6.07) is 6.16. The molecule has 1 N–H and O–H groups in total. The van der Waals surface area contributed by atoms with Crippen LogP contribution in [-0.2, 0) is 0 Å². The average Bonchev–Trinajstić information content (AvgIpc) is 3.81. The van der Waals surface area contributed by atoms with Gasteiger partial charge in [-0.05, 0) is 62.4 Å². The van der Waals surface area contributed by atoms with Gasteiger partial charge in [0.25, 0.3) is 0 Å². The minimum atomic E-state index is -0.959. The highest BCUT2D eigenvalue weighted by atomic mass is 32.1. The van der Waals surface area contributed by atoms with E-state index < -0.39 is 29.4 Å². The summed E-state index contributed by atoms with van der Waals surface area (Å²) in [7, 11) is 3.56. The van der Waals surface area contributed by atoms with Crippen LogP contribution in [0.3, 0.4) is 0 Å². The van der Waals surface area contributed by atoms with Crippen molar-refractivity contribution in [2.24, 2.45) is 4.99 Å². The lowest BCUT2D eigenvalue weighted by Gasteiger charge is -2.40. The highest BCUT2D eigenvalue weighted by Crippen LogP contribution is 2.47. The number of aliphatic imine (C=N–C) groups is 1. The van der Waals surface area contributed by atoms with Gasteiger partial charge in [0.05, 0.1) is 34.2 Å². The molecule has 0 unspecified atom stereocenters. The number of carboxylic acid groups (broad SMARTS) is 1. The third-order valence-electron chi connectivity index (χ3n) is 10.9. The summed E-state index contributed by atoms with van der Waals surface area (Å²) in [5, 5.41) is 21.1. The molecule has 4 aliphatic heterocycles. The molecular weight excluding hydrogens is 682 g/mol. The van der Waals surface area contributed by atoms with Gasteiger partial charge in [-0.15, -0.1) is 11.3 Å². The smallest absolute Gasteiger partial charge is 0.407 e. The lowest BCUT2D eigenvalue weighted by atomic mass is 9.93. The van der Waals surface area contributed by atoms with E-state index in [1.807, 2.05) is 4.90 Å². The lowest BCUT2D eigenvalue weighted by molar-refractivity contribution is 0.107. The van der Waals surface area contributed by atoms with Crippen LogP contribution in [0.25, 0.3) is 32.1 Å². The van der Waals surface area contributed by atoms with Gasteiger partial charge >= 0.3 is 12.1 Å². The first kappa shape index (κ1) is 33.5. The van der Waals surface area contributed by atoms with E-state index in [0.29, 0.717) is 66.2 Å². The molecule has 2 aromatic heterocycles. The van der Waals surface area contributed by atoms with Crippen molar-refractivity contribution in [1.82, 2.24) is 24.7 Å². The Kier molecular flexibility index (Phi) is 8.22. The largest absolute Gasteiger partial charge is 0.465 e. The number of anilines is 1. The highest BCUT2D eigenvalue weighted by molar-refractivity contribution is 7.23. The molecule has 4 aromatic rings. The van der Waals surface area contributed by atoms with Crippen LogP contribution in [0.5, 0.6) is 6.01 Å². The first-order valence-corrected chi connectivity index (χ1v) is 17.9. The minimum absolute atomic E-state index is 0.0174. The molecule has 0 aliphatic carbocycles. The number of nitrogens with zero attached hydrogens (tertiary/aromatic N) is 8. The Bertz CT molecular complexity index is 2140. The van der Waals surface area contributed by atoms with Crippen LogP contribution < -0.4 is 9.64 Å². The number of rotatable bonds is 7. The van der Waals surface area contributed by atoms with E-state index in [-0.39, 0.29) is 51.4 Å². The fraction of sp³-hybridized carbons (Fsp3) is 0.472. The molecule has 2 bridgehead atoms. The van der Waals surface area contributed by atoms with Gasteiger partial charge in [0.15, 0.2) is 5.82 Å². The first-order valence-electron chi connectivity index (χ1n) is 17.1. The summed E-state index contributed by atoms with van der Waals surface area (Å²) in [4.78, 5) is 33.2. The molecule has 4 aliphatic rings. The Morgan fingerprint density at radius 3 is 2.71 bits per heavy atom. The number of halogens is 3. The van der Waals surface area contributed by atoms with E-state index in [9.17, 15) is 19.6 Å². The number of piperazine rings is 1. The van der Waals surface area contributed by atoms with Gasteiger partial charge in [-0.1, -0.05) is 6.07 Å². The van der Waals surface area contributed by atoms with Gasteiger partial charge in [-0.3, -0.25) is 9.80 Å².